The van der Waals surface area contributed by atoms with Crippen LogP contribution in [0.4, 0.5) is 11.5 Å². The second-order valence-electron chi connectivity index (χ2n) is 5.27. The van der Waals surface area contributed by atoms with Gasteiger partial charge >= 0.3 is 0 Å². The third-order valence-electron chi connectivity index (χ3n) is 3.98. The van der Waals surface area contributed by atoms with Gasteiger partial charge in [0.2, 0.25) is 0 Å². The third-order valence-corrected chi connectivity index (χ3v) is 3.98. The smallest absolute Gasteiger partial charge is 0.163 e. The van der Waals surface area contributed by atoms with E-state index in [4.69, 9.17) is 0 Å². The largest absolute Gasteiger partial charge is 0.325 e. The molecule has 0 N–H and O–H groups in total. The standard InChI is InChI=1S/C15H15N5/c1-10-8-20(13-6-4-3-5-11(10)13)15-12-7-18-19(2)14(12)16-9-17-15/h3-7,9-10H,8H2,1-2H3/t10-/m0/s1. The summed E-state index contributed by atoms with van der Waals surface area (Å²) in [5.41, 5.74) is 3.49. The molecular formula is C15H15N5. The van der Waals surface area contributed by atoms with Crippen LogP contribution in [0.1, 0.15) is 18.4 Å². The molecule has 5 heteroatoms. The van der Waals surface area contributed by atoms with Crippen LogP contribution in [0.25, 0.3) is 11.0 Å². The zero-order valence-electron chi connectivity index (χ0n) is 11.5. The number of rotatable bonds is 1. The van der Waals surface area contributed by atoms with Crippen LogP contribution in [-0.4, -0.2) is 26.3 Å². The minimum atomic E-state index is 0.507. The van der Waals surface area contributed by atoms with E-state index in [1.807, 2.05) is 13.2 Å². The first-order chi connectivity index (χ1) is 9.75. The molecule has 0 spiro atoms. The molecule has 0 saturated carbocycles. The number of hydrogen-bond donors (Lipinski definition) is 0. The summed E-state index contributed by atoms with van der Waals surface area (Å²) < 4.78 is 1.78. The van der Waals surface area contributed by atoms with E-state index in [1.54, 1.807) is 11.0 Å². The Labute approximate surface area is 116 Å². The highest BCUT2D eigenvalue weighted by atomic mass is 15.3. The summed E-state index contributed by atoms with van der Waals surface area (Å²) >= 11 is 0. The number of benzene rings is 1. The number of aromatic nitrogens is 4. The number of para-hydroxylation sites is 1. The number of aryl methyl sites for hydroxylation is 1. The van der Waals surface area contributed by atoms with Crippen LogP contribution in [0.2, 0.25) is 0 Å². The molecule has 0 radical (unpaired) electrons. The third kappa shape index (κ3) is 1.46. The van der Waals surface area contributed by atoms with E-state index in [-0.39, 0.29) is 0 Å². The van der Waals surface area contributed by atoms with Gasteiger partial charge in [0, 0.05) is 25.2 Å². The van der Waals surface area contributed by atoms with Gasteiger partial charge < -0.3 is 4.90 Å². The molecule has 100 valence electrons. The lowest BCUT2D eigenvalue weighted by Crippen LogP contribution is -2.16. The molecule has 2 aromatic heterocycles. The van der Waals surface area contributed by atoms with Crippen LogP contribution in [0.5, 0.6) is 0 Å². The van der Waals surface area contributed by atoms with Crippen molar-refractivity contribution in [1.82, 2.24) is 19.7 Å². The van der Waals surface area contributed by atoms with Crippen molar-refractivity contribution in [3.63, 3.8) is 0 Å². The molecule has 0 bridgehead atoms. The Bertz CT molecular complexity index is 792. The van der Waals surface area contributed by atoms with Gasteiger partial charge in [-0.15, -0.1) is 0 Å². The second kappa shape index (κ2) is 4.03. The van der Waals surface area contributed by atoms with E-state index < -0.39 is 0 Å². The molecule has 1 aliphatic heterocycles. The molecule has 0 amide bonds. The quantitative estimate of drug-likeness (QED) is 0.678. The van der Waals surface area contributed by atoms with Crippen LogP contribution in [0.15, 0.2) is 36.8 Å². The summed E-state index contributed by atoms with van der Waals surface area (Å²) in [4.78, 5) is 11.1. The van der Waals surface area contributed by atoms with Gasteiger partial charge in [-0.2, -0.15) is 5.10 Å². The van der Waals surface area contributed by atoms with Crippen LogP contribution < -0.4 is 4.90 Å². The molecule has 1 atom stereocenters. The fourth-order valence-corrected chi connectivity index (χ4v) is 2.99. The van der Waals surface area contributed by atoms with Gasteiger partial charge in [-0.3, -0.25) is 4.68 Å². The zero-order valence-corrected chi connectivity index (χ0v) is 11.5. The van der Waals surface area contributed by atoms with E-state index in [1.165, 1.54) is 11.3 Å². The van der Waals surface area contributed by atoms with Crippen molar-refractivity contribution < 1.29 is 0 Å². The average Bonchev–Trinajstić information content (AvgIpc) is 3.01. The van der Waals surface area contributed by atoms with Gasteiger partial charge in [0.15, 0.2) is 5.65 Å². The first-order valence-corrected chi connectivity index (χ1v) is 6.75. The molecule has 0 saturated heterocycles. The maximum absolute atomic E-state index is 4.50. The Kier molecular flexibility index (Phi) is 2.30. The van der Waals surface area contributed by atoms with Crippen LogP contribution in [0.3, 0.4) is 0 Å². The molecule has 20 heavy (non-hydrogen) atoms. The van der Waals surface area contributed by atoms with Crippen molar-refractivity contribution in [2.45, 2.75) is 12.8 Å². The minimum absolute atomic E-state index is 0.507. The molecule has 4 rings (SSSR count). The van der Waals surface area contributed by atoms with Gasteiger partial charge in [-0.05, 0) is 11.6 Å². The second-order valence-corrected chi connectivity index (χ2v) is 5.27. The normalized spacial score (nSPS) is 17.7. The fourth-order valence-electron chi connectivity index (χ4n) is 2.99. The molecule has 1 aliphatic rings. The summed E-state index contributed by atoms with van der Waals surface area (Å²) in [6.45, 7) is 3.20. The first-order valence-electron chi connectivity index (χ1n) is 6.75. The monoisotopic (exact) mass is 265 g/mol. The SMILES string of the molecule is C[C@H]1CN(c2ncnc3c2cnn3C)c2ccccc21. The first kappa shape index (κ1) is 11.4. The zero-order chi connectivity index (χ0) is 13.7. The van der Waals surface area contributed by atoms with E-state index >= 15 is 0 Å². The van der Waals surface area contributed by atoms with Crippen molar-refractivity contribution in [3.8, 4) is 0 Å². The molecule has 0 fully saturated rings. The minimum Gasteiger partial charge on any atom is -0.325 e. The summed E-state index contributed by atoms with van der Waals surface area (Å²) in [5, 5.41) is 5.29. The van der Waals surface area contributed by atoms with Crippen LogP contribution >= 0.6 is 0 Å². The predicted molar refractivity (Wildman–Crippen MR) is 78.2 cm³/mol. The van der Waals surface area contributed by atoms with Crippen molar-refractivity contribution in [2.24, 2.45) is 7.05 Å². The van der Waals surface area contributed by atoms with Gasteiger partial charge in [-0.25, -0.2) is 9.97 Å². The lowest BCUT2D eigenvalue weighted by Gasteiger charge is -2.18. The average molecular weight is 265 g/mol. The van der Waals surface area contributed by atoms with Crippen LogP contribution in [-0.2, 0) is 7.05 Å². The highest BCUT2D eigenvalue weighted by Crippen LogP contribution is 2.41. The topological polar surface area (TPSA) is 46.8 Å². The Morgan fingerprint density at radius 3 is 2.95 bits per heavy atom. The highest BCUT2D eigenvalue weighted by Gasteiger charge is 2.28. The van der Waals surface area contributed by atoms with Crippen molar-refractivity contribution in [3.05, 3.63) is 42.4 Å². The van der Waals surface area contributed by atoms with Crippen LogP contribution in [0, 0.1) is 0 Å². The summed E-state index contributed by atoms with van der Waals surface area (Å²) in [7, 11) is 1.90. The van der Waals surface area contributed by atoms with Gasteiger partial charge in [0.05, 0.1) is 11.6 Å². The van der Waals surface area contributed by atoms with Gasteiger partial charge in [0.25, 0.3) is 0 Å². The maximum atomic E-state index is 4.50. The van der Waals surface area contributed by atoms with E-state index in [9.17, 15) is 0 Å². The van der Waals surface area contributed by atoms with E-state index in [0.717, 1.165) is 23.4 Å². The molecular weight excluding hydrogens is 250 g/mol. The van der Waals surface area contributed by atoms with E-state index in [0.29, 0.717) is 5.92 Å². The lowest BCUT2D eigenvalue weighted by molar-refractivity contribution is 0.784. The molecule has 1 aromatic carbocycles. The Morgan fingerprint density at radius 2 is 2.05 bits per heavy atom. The number of hydrogen-bond acceptors (Lipinski definition) is 4. The van der Waals surface area contributed by atoms with Gasteiger partial charge in [-0.1, -0.05) is 25.1 Å². The van der Waals surface area contributed by atoms with E-state index in [2.05, 4.69) is 51.2 Å². The summed E-state index contributed by atoms with van der Waals surface area (Å²) in [6, 6.07) is 8.52. The van der Waals surface area contributed by atoms with Crippen molar-refractivity contribution in [1.29, 1.82) is 0 Å². The van der Waals surface area contributed by atoms with Crippen molar-refractivity contribution in [2.75, 3.05) is 11.4 Å². The maximum Gasteiger partial charge on any atom is 0.163 e. The summed E-state index contributed by atoms with van der Waals surface area (Å²) in [6.07, 6.45) is 3.46. The van der Waals surface area contributed by atoms with Crippen molar-refractivity contribution >= 4 is 22.5 Å². The predicted octanol–water partition coefficient (Wildman–Crippen LogP) is 2.62. The van der Waals surface area contributed by atoms with Gasteiger partial charge in [0.1, 0.15) is 12.1 Å². The number of anilines is 2. The Hall–Kier alpha value is -2.43. The molecule has 3 heterocycles. The molecule has 5 nitrogen and oxygen atoms in total. The Balaban J connectivity index is 1.93. The Morgan fingerprint density at radius 1 is 1.20 bits per heavy atom. The lowest BCUT2D eigenvalue weighted by atomic mass is 10.0. The molecule has 0 unspecified atom stereocenters. The molecule has 0 aliphatic carbocycles. The summed E-state index contributed by atoms with van der Waals surface area (Å²) in [5.74, 6) is 1.45. The highest BCUT2D eigenvalue weighted by molar-refractivity contribution is 5.90. The molecule has 3 aromatic rings. The number of fused-ring (bicyclic) bond motifs is 2. The number of nitrogens with zero attached hydrogens (tertiary/aromatic N) is 5. The fraction of sp³-hybridized carbons (Fsp3) is 0.267.